The van der Waals surface area contributed by atoms with Crippen molar-refractivity contribution in [2.75, 3.05) is 19.0 Å². The summed E-state index contributed by atoms with van der Waals surface area (Å²) in [5.41, 5.74) is 1.03. The smallest absolute Gasteiger partial charge is 0.258 e. The van der Waals surface area contributed by atoms with Gasteiger partial charge in [-0.05, 0) is 43.0 Å². The van der Waals surface area contributed by atoms with Crippen molar-refractivity contribution in [1.82, 2.24) is 5.32 Å². The molecule has 1 saturated carbocycles. The molecular formula is C16H24N2O2. The molecule has 0 aromatic heterocycles. The van der Waals surface area contributed by atoms with Gasteiger partial charge in [-0.2, -0.15) is 0 Å². The Morgan fingerprint density at radius 3 is 2.60 bits per heavy atom. The minimum Gasteiger partial charge on any atom is -0.484 e. The Kier molecular flexibility index (Phi) is 5.27. The van der Waals surface area contributed by atoms with Crippen molar-refractivity contribution >= 4 is 11.6 Å². The molecule has 0 aliphatic heterocycles. The molecule has 0 saturated heterocycles. The number of rotatable bonds is 5. The first-order valence-corrected chi connectivity index (χ1v) is 7.39. The number of hydrogen-bond acceptors (Lipinski definition) is 3. The van der Waals surface area contributed by atoms with E-state index in [0.717, 1.165) is 17.9 Å². The molecule has 110 valence electrons. The summed E-state index contributed by atoms with van der Waals surface area (Å²) in [4.78, 5) is 11.9. The van der Waals surface area contributed by atoms with E-state index >= 15 is 0 Å². The van der Waals surface area contributed by atoms with Gasteiger partial charge in [0.1, 0.15) is 5.75 Å². The van der Waals surface area contributed by atoms with Crippen LogP contribution < -0.4 is 15.4 Å². The van der Waals surface area contributed by atoms with E-state index in [9.17, 15) is 4.79 Å². The third kappa shape index (κ3) is 4.15. The number of carbonyl (C=O) groups excluding carboxylic acids is 1. The van der Waals surface area contributed by atoms with Crippen LogP contribution >= 0.6 is 0 Å². The summed E-state index contributed by atoms with van der Waals surface area (Å²) in [6.07, 6.45) is 4.78. The average molecular weight is 276 g/mol. The molecule has 1 amide bonds. The zero-order valence-corrected chi connectivity index (χ0v) is 12.3. The molecule has 1 aliphatic carbocycles. The second-order valence-electron chi connectivity index (χ2n) is 5.50. The number of carbonyl (C=O) groups is 1. The van der Waals surface area contributed by atoms with Crippen LogP contribution in [-0.2, 0) is 4.79 Å². The van der Waals surface area contributed by atoms with Gasteiger partial charge in [-0.15, -0.1) is 0 Å². The fraction of sp³-hybridized carbons (Fsp3) is 0.562. The van der Waals surface area contributed by atoms with E-state index in [2.05, 4.69) is 17.6 Å². The maximum atomic E-state index is 11.9. The van der Waals surface area contributed by atoms with Crippen molar-refractivity contribution in [2.24, 2.45) is 5.92 Å². The van der Waals surface area contributed by atoms with Crippen LogP contribution in [0.25, 0.3) is 0 Å². The molecule has 1 fully saturated rings. The van der Waals surface area contributed by atoms with Crippen molar-refractivity contribution in [1.29, 1.82) is 0 Å². The molecule has 2 unspecified atom stereocenters. The van der Waals surface area contributed by atoms with E-state index in [1.54, 1.807) is 0 Å². The highest BCUT2D eigenvalue weighted by atomic mass is 16.5. The van der Waals surface area contributed by atoms with Crippen LogP contribution in [0, 0.1) is 5.92 Å². The normalized spacial score (nSPS) is 22.1. The Morgan fingerprint density at radius 2 is 1.95 bits per heavy atom. The minimum atomic E-state index is -0.0264. The molecule has 4 nitrogen and oxygen atoms in total. The standard InChI is InChI=1S/C16H24N2O2/c1-12-5-3-4-6-15(12)18-16(19)11-20-14-9-7-13(17-2)8-10-14/h7-10,12,15,17H,3-6,11H2,1-2H3,(H,18,19). The van der Waals surface area contributed by atoms with Crippen LogP contribution in [0.3, 0.4) is 0 Å². The van der Waals surface area contributed by atoms with Gasteiger partial charge in [-0.3, -0.25) is 4.79 Å². The number of nitrogens with one attached hydrogen (secondary N) is 2. The van der Waals surface area contributed by atoms with Crippen molar-refractivity contribution in [3.63, 3.8) is 0 Å². The Hall–Kier alpha value is -1.71. The number of hydrogen-bond donors (Lipinski definition) is 2. The summed E-state index contributed by atoms with van der Waals surface area (Å²) >= 11 is 0. The zero-order chi connectivity index (χ0) is 14.4. The lowest BCUT2D eigenvalue weighted by Gasteiger charge is -2.29. The first kappa shape index (κ1) is 14.7. The zero-order valence-electron chi connectivity index (χ0n) is 12.3. The van der Waals surface area contributed by atoms with Gasteiger partial charge in [-0.25, -0.2) is 0 Å². The Bertz CT molecular complexity index is 431. The number of anilines is 1. The summed E-state index contributed by atoms with van der Waals surface area (Å²) in [6, 6.07) is 7.89. The van der Waals surface area contributed by atoms with E-state index in [0.29, 0.717) is 12.0 Å². The van der Waals surface area contributed by atoms with Gasteiger partial charge in [0.05, 0.1) is 0 Å². The van der Waals surface area contributed by atoms with Crippen LogP contribution in [0.15, 0.2) is 24.3 Å². The number of ether oxygens (including phenoxy) is 1. The van der Waals surface area contributed by atoms with E-state index in [4.69, 9.17) is 4.74 Å². The highest BCUT2D eigenvalue weighted by Gasteiger charge is 2.22. The monoisotopic (exact) mass is 276 g/mol. The van der Waals surface area contributed by atoms with Crippen molar-refractivity contribution in [3.05, 3.63) is 24.3 Å². The maximum Gasteiger partial charge on any atom is 0.258 e. The van der Waals surface area contributed by atoms with Crippen molar-refractivity contribution in [2.45, 2.75) is 38.6 Å². The molecule has 0 bridgehead atoms. The maximum absolute atomic E-state index is 11.9. The van der Waals surface area contributed by atoms with Gasteiger partial charge in [0.2, 0.25) is 0 Å². The Morgan fingerprint density at radius 1 is 1.25 bits per heavy atom. The molecule has 1 aromatic carbocycles. The molecule has 2 N–H and O–H groups in total. The average Bonchev–Trinajstić information content (AvgIpc) is 2.48. The molecule has 2 rings (SSSR count). The van der Waals surface area contributed by atoms with E-state index < -0.39 is 0 Å². The quantitative estimate of drug-likeness (QED) is 0.869. The predicted molar refractivity (Wildman–Crippen MR) is 81.0 cm³/mol. The van der Waals surface area contributed by atoms with Crippen LogP contribution in [0.1, 0.15) is 32.6 Å². The Balaban J connectivity index is 1.76. The van der Waals surface area contributed by atoms with Gasteiger partial charge in [0, 0.05) is 18.8 Å². The fourth-order valence-corrected chi connectivity index (χ4v) is 2.65. The van der Waals surface area contributed by atoms with Crippen LogP contribution in [0.4, 0.5) is 5.69 Å². The van der Waals surface area contributed by atoms with Crippen LogP contribution in [0.5, 0.6) is 5.75 Å². The lowest BCUT2D eigenvalue weighted by Crippen LogP contribution is -2.43. The lowest BCUT2D eigenvalue weighted by molar-refractivity contribution is -0.124. The first-order valence-electron chi connectivity index (χ1n) is 7.39. The van der Waals surface area contributed by atoms with Gasteiger partial charge in [0.15, 0.2) is 6.61 Å². The summed E-state index contributed by atoms with van der Waals surface area (Å²) in [7, 11) is 1.87. The Labute approximate surface area is 120 Å². The second kappa shape index (κ2) is 7.17. The second-order valence-corrected chi connectivity index (χ2v) is 5.50. The SMILES string of the molecule is CNc1ccc(OCC(=O)NC2CCCCC2C)cc1. The van der Waals surface area contributed by atoms with Crippen LogP contribution in [-0.4, -0.2) is 25.6 Å². The topological polar surface area (TPSA) is 50.4 Å². The van der Waals surface area contributed by atoms with Gasteiger partial charge in [0.25, 0.3) is 5.91 Å². The molecule has 0 spiro atoms. The number of amides is 1. The van der Waals surface area contributed by atoms with Crippen molar-refractivity contribution < 1.29 is 9.53 Å². The largest absolute Gasteiger partial charge is 0.484 e. The minimum absolute atomic E-state index is 0.0264. The molecule has 20 heavy (non-hydrogen) atoms. The summed E-state index contributed by atoms with van der Waals surface area (Å²) < 4.78 is 5.50. The van der Waals surface area contributed by atoms with Crippen molar-refractivity contribution in [3.8, 4) is 5.75 Å². The van der Waals surface area contributed by atoms with Crippen LogP contribution in [0.2, 0.25) is 0 Å². The number of benzene rings is 1. The first-order chi connectivity index (χ1) is 9.69. The lowest BCUT2D eigenvalue weighted by atomic mass is 9.86. The summed E-state index contributed by atoms with van der Waals surface area (Å²) in [5.74, 6) is 1.26. The molecule has 1 aliphatic rings. The fourth-order valence-electron chi connectivity index (χ4n) is 2.65. The molecule has 4 heteroatoms. The van der Waals surface area contributed by atoms with E-state index in [-0.39, 0.29) is 12.5 Å². The molecule has 0 heterocycles. The summed E-state index contributed by atoms with van der Waals surface area (Å²) in [6.45, 7) is 2.30. The van der Waals surface area contributed by atoms with Gasteiger partial charge >= 0.3 is 0 Å². The molecular weight excluding hydrogens is 252 g/mol. The molecule has 1 aromatic rings. The highest BCUT2D eigenvalue weighted by molar-refractivity contribution is 5.77. The van der Waals surface area contributed by atoms with Gasteiger partial charge in [-0.1, -0.05) is 19.8 Å². The van der Waals surface area contributed by atoms with E-state index in [1.165, 1.54) is 19.3 Å². The third-order valence-corrected chi connectivity index (χ3v) is 3.97. The summed E-state index contributed by atoms with van der Waals surface area (Å²) in [5, 5.41) is 6.13. The third-order valence-electron chi connectivity index (χ3n) is 3.97. The van der Waals surface area contributed by atoms with Gasteiger partial charge < -0.3 is 15.4 Å². The highest BCUT2D eigenvalue weighted by Crippen LogP contribution is 2.23. The van der Waals surface area contributed by atoms with E-state index in [1.807, 2.05) is 31.3 Å². The molecule has 0 radical (unpaired) electrons. The molecule has 2 atom stereocenters. The predicted octanol–water partition coefficient (Wildman–Crippen LogP) is 2.80.